The molecule has 0 bridgehead atoms. The fourth-order valence-corrected chi connectivity index (χ4v) is 0. The first kappa shape index (κ1) is 5.85. The maximum atomic E-state index is 9.19. The van der Waals surface area contributed by atoms with Crippen LogP contribution >= 0.6 is 18.8 Å². The molecule has 0 N–H and O–H groups in total. The van der Waals surface area contributed by atoms with E-state index in [-0.39, 0.29) is 0 Å². The summed E-state index contributed by atoms with van der Waals surface area (Å²) < 4.78 is 1.48. The molecule has 0 heterocycles. The summed E-state index contributed by atoms with van der Waals surface area (Å²) in [7, 11) is 9.95. The van der Waals surface area contributed by atoms with Crippen molar-refractivity contribution in [3.63, 3.8) is 0 Å². The van der Waals surface area contributed by atoms with E-state index < -0.39 is 14.8 Å². The molecule has 0 unspecified atom stereocenters. The number of rotatable bonds is 0. The van der Waals surface area contributed by atoms with Crippen molar-refractivity contribution in [2.24, 2.45) is 0 Å². The van der Waals surface area contributed by atoms with Crippen molar-refractivity contribution in [2.75, 3.05) is 0 Å². The summed E-state index contributed by atoms with van der Waals surface area (Å²) >= 11 is -2.24. The topological polar surface area (TPSA) is 17.1 Å². The molecule has 0 aliphatic rings. The van der Waals surface area contributed by atoms with Crippen molar-refractivity contribution in [3.8, 4) is 0 Å². The van der Waals surface area contributed by atoms with E-state index in [0.717, 1.165) is 0 Å². The first-order valence-electron chi connectivity index (χ1n) is 0.717. The molecule has 0 aromatic heterocycles. The molecular formula is CCl2MoO. The summed E-state index contributed by atoms with van der Waals surface area (Å²) in [5, 5.41) is 0. The van der Waals surface area contributed by atoms with Crippen LogP contribution in [0.2, 0.25) is 0 Å². The molecule has 0 aliphatic heterocycles. The predicted molar refractivity (Wildman–Crippen MR) is 17.4 cm³/mol. The normalized spacial score (nSPS) is 7.80. The number of carbonyl (C=O) groups excluding carboxylic acids is 1. The zero-order valence-electron chi connectivity index (χ0n) is 2.07. The minimum atomic E-state index is -2.24. The molecule has 0 aromatic rings. The summed E-state index contributed by atoms with van der Waals surface area (Å²) in [5.41, 5.74) is 0. The van der Waals surface area contributed by atoms with Gasteiger partial charge in [0, 0.05) is 0 Å². The second-order valence-corrected chi connectivity index (χ2v) is 6.34. The monoisotopic (exact) mass is 196 g/mol. The Bertz CT molecular complexity index is 69.7. The van der Waals surface area contributed by atoms with Gasteiger partial charge in [-0.1, -0.05) is 0 Å². The fraction of sp³-hybridized carbons (Fsp3) is 0. The molecule has 0 amide bonds. The number of halogens is 2. The van der Waals surface area contributed by atoms with Gasteiger partial charge in [-0.15, -0.1) is 0 Å². The Morgan fingerprint density at radius 1 is 1.60 bits per heavy atom. The van der Waals surface area contributed by atoms with Crippen LogP contribution in [0.4, 0.5) is 0 Å². The van der Waals surface area contributed by atoms with Crippen LogP contribution in [0, 0.1) is 0 Å². The van der Waals surface area contributed by atoms with E-state index in [1.54, 1.807) is 0 Å². The molecule has 0 aliphatic carbocycles. The quantitative estimate of drug-likeness (QED) is 0.526. The second-order valence-electron chi connectivity index (χ2n) is 0.296. The summed E-state index contributed by atoms with van der Waals surface area (Å²) in [5.74, 6) is 0. The van der Waals surface area contributed by atoms with E-state index in [4.69, 9.17) is 18.8 Å². The molecule has 0 fully saturated rings. The second kappa shape index (κ2) is 3.05. The number of hydrogen-bond acceptors (Lipinski definition) is 1. The van der Waals surface area contributed by atoms with E-state index in [9.17, 15) is 4.79 Å². The van der Waals surface area contributed by atoms with Crippen LogP contribution in [0.15, 0.2) is 0 Å². The van der Waals surface area contributed by atoms with Gasteiger partial charge >= 0.3 is 42.7 Å². The first-order valence-corrected chi connectivity index (χ1v) is 6.89. The summed E-state index contributed by atoms with van der Waals surface area (Å²) in [6, 6.07) is 0. The van der Waals surface area contributed by atoms with Crippen molar-refractivity contribution in [1.29, 1.82) is 0 Å². The van der Waals surface area contributed by atoms with Crippen LogP contribution in [-0.4, -0.2) is 4.27 Å². The van der Waals surface area contributed by atoms with Gasteiger partial charge < -0.3 is 0 Å². The zero-order chi connectivity index (χ0) is 4.28. The molecule has 0 saturated heterocycles. The Hall–Kier alpha value is 0.848. The minimum absolute atomic E-state index is 1.48. The van der Waals surface area contributed by atoms with Gasteiger partial charge in [0.25, 0.3) is 0 Å². The molecule has 1 nitrogen and oxygen atoms in total. The van der Waals surface area contributed by atoms with Crippen molar-refractivity contribution in [1.82, 2.24) is 0 Å². The molecule has 5 heavy (non-hydrogen) atoms. The fourth-order valence-electron chi connectivity index (χ4n) is 0. The SMILES string of the molecule is O=[C]=[Mo]([Cl])[Cl]. The molecule has 30 valence electrons. The number of hydrogen-bond donors (Lipinski definition) is 0. The third-order valence-electron chi connectivity index (χ3n) is 0.0630. The molecular weight excluding hydrogens is 195 g/mol. The van der Waals surface area contributed by atoms with Gasteiger partial charge in [0.1, 0.15) is 0 Å². The Labute approximate surface area is 42.8 Å². The molecule has 4 heteroatoms. The van der Waals surface area contributed by atoms with Gasteiger partial charge in [-0.05, 0) is 0 Å². The molecule has 0 saturated carbocycles. The van der Waals surface area contributed by atoms with E-state index in [1.807, 2.05) is 0 Å². The van der Waals surface area contributed by atoms with Crippen LogP contribution in [0.1, 0.15) is 0 Å². The van der Waals surface area contributed by atoms with Crippen molar-refractivity contribution >= 4 is 23.1 Å². The van der Waals surface area contributed by atoms with Crippen LogP contribution in [0.3, 0.4) is 0 Å². The predicted octanol–water partition coefficient (Wildman–Crippen LogP) is 0.979. The Morgan fingerprint density at radius 3 is 1.80 bits per heavy atom. The standard InChI is InChI=1S/CO.2ClH.Mo/c1-2;;;/h;2*1H;/q;;;+2/p-2. The van der Waals surface area contributed by atoms with Gasteiger partial charge in [-0.3, -0.25) is 0 Å². The van der Waals surface area contributed by atoms with Crippen LogP contribution < -0.4 is 0 Å². The summed E-state index contributed by atoms with van der Waals surface area (Å²) in [6.07, 6.45) is 0. The van der Waals surface area contributed by atoms with E-state index >= 15 is 0 Å². The zero-order valence-corrected chi connectivity index (χ0v) is 5.59. The molecule has 0 aromatic carbocycles. The summed E-state index contributed by atoms with van der Waals surface area (Å²) in [4.78, 5) is 9.19. The van der Waals surface area contributed by atoms with Crippen molar-refractivity contribution in [2.45, 2.75) is 0 Å². The van der Waals surface area contributed by atoms with Crippen molar-refractivity contribution in [3.05, 3.63) is 0 Å². The third kappa shape index (κ3) is 4.85. The van der Waals surface area contributed by atoms with Crippen LogP contribution in [-0.2, 0) is 19.6 Å². The molecule has 0 spiro atoms. The Kier molecular flexibility index (Phi) is 3.57. The van der Waals surface area contributed by atoms with Gasteiger partial charge in [0.2, 0.25) is 0 Å². The van der Waals surface area contributed by atoms with Crippen molar-refractivity contribution < 1.29 is 19.6 Å². The van der Waals surface area contributed by atoms with Gasteiger partial charge in [0.05, 0.1) is 0 Å². The van der Waals surface area contributed by atoms with Gasteiger partial charge in [-0.2, -0.15) is 0 Å². The molecule has 0 radical (unpaired) electrons. The Morgan fingerprint density at radius 2 is 1.80 bits per heavy atom. The summed E-state index contributed by atoms with van der Waals surface area (Å²) in [6.45, 7) is 0. The van der Waals surface area contributed by atoms with Crippen LogP contribution in [0.5, 0.6) is 0 Å². The third-order valence-corrected chi connectivity index (χ3v) is 1.12. The molecule has 0 atom stereocenters. The van der Waals surface area contributed by atoms with Crippen LogP contribution in [0.25, 0.3) is 0 Å². The van der Waals surface area contributed by atoms with Gasteiger partial charge in [0.15, 0.2) is 0 Å². The van der Waals surface area contributed by atoms with E-state index in [2.05, 4.69) is 0 Å². The van der Waals surface area contributed by atoms with E-state index in [1.165, 1.54) is 4.27 Å². The Balaban J connectivity index is 3.60. The van der Waals surface area contributed by atoms with E-state index in [0.29, 0.717) is 0 Å². The maximum absolute atomic E-state index is 9.19. The molecule has 0 rings (SSSR count). The average Bonchev–Trinajstić information content (AvgIpc) is 1.38. The average molecular weight is 195 g/mol. The van der Waals surface area contributed by atoms with Gasteiger partial charge in [-0.25, -0.2) is 0 Å². The first-order chi connectivity index (χ1) is 2.27.